The molecule has 2 atom stereocenters. The molecule has 0 spiro atoms. The average molecular weight is 532 g/mol. The molecule has 1 fully saturated rings. The van der Waals surface area contributed by atoms with Gasteiger partial charge in [-0.1, -0.05) is 56.5 Å². The van der Waals surface area contributed by atoms with Crippen LogP contribution in [0.1, 0.15) is 85.1 Å². The number of Topliss-reactive ketones (excluding diaryl/α,β-unsaturated/α-hetero) is 1. The fourth-order valence-electron chi connectivity index (χ4n) is 3.82. The summed E-state index contributed by atoms with van der Waals surface area (Å²) in [5.41, 5.74) is -1.85. The third-order valence-corrected chi connectivity index (χ3v) is 7.37. The van der Waals surface area contributed by atoms with Crippen molar-refractivity contribution >= 4 is 31.3 Å². The highest BCUT2D eigenvalue weighted by atomic mass is 35.5. The Morgan fingerprint density at radius 1 is 1.14 bits per heavy atom. The van der Waals surface area contributed by atoms with Crippen molar-refractivity contribution in [1.29, 1.82) is 0 Å². The molecule has 0 unspecified atom stereocenters. The minimum absolute atomic E-state index is 0.187. The Bertz CT molecular complexity index is 890. The van der Waals surface area contributed by atoms with Crippen molar-refractivity contribution in [3.63, 3.8) is 0 Å². The zero-order valence-electron chi connectivity index (χ0n) is 21.4. The van der Waals surface area contributed by atoms with Crippen LogP contribution in [-0.4, -0.2) is 36.8 Å². The van der Waals surface area contributed by atoms with Gasteiger partial charge < -0.3 is 10.1 Å². The second-order valence-electron chi connectivity index (χ2n) is 9.68. The van der Waals surface area contributed by atoms with Crippen LogP contribution in [0.15, 0.2) is 24.3 Å². The van der Waals surface area contributed by atoms with E-state index in [-0.39, 0.29) is 19.6 Å². The molecule has 8 nitrogen and oxygen atoms in total. The molecule has 0 aromatic heterocycles. The van der Waals surface area contributed by atoms with E-state index in [4.69, 9.17) is 29.9 Å². The Morgan fingerprint density at radius 2 is 1.74 bits per heavy atom. The number of benzene rings is 1. The number of amides is 1. The largest absolute Gasteiger partial charge is 0.475 e. The lowest BCUT2D eigenvalue weighted by molar-refractivity contribution is -0.137. The van der Waals surface area contributed by atoms with E-state index in [9.17, 15) is 14.2 Å². The topological polar surface area (TPSA) is 100 Å². The molecule has 1 aliphatic carbocycles. The van der Waals surface area contributed by atoms with Crippen LogP contribution in [0.3, 0.4) is 0 Å². The van der Waals surface area contributed by atoms with Crippen LogP contribution in [0.25, 0.3) is 0 Å². The number of hydrogen-bond acceptors (Lipinski definition) is 7. The molecule has 1 saturated carbocycles. The molecule has 1 aromatic carbocycles. The summed E-state index contributed by atoms with van der Waals surface area (Å²) in [5, 5.41) is 3.09. The Morgan fingerprint density at radius 3 is 2.29 bits per heavy atom. The Kier molecular flexibility index (Phi) is 11.2. The van der Waals surface area contributed by atoms with Gasteiger partial charge in [-0.15, -0.1) is 0 Å². The summed E-state index contributed by atoms with van der Waals surface area (Å²) >= 11 is 6.49. The van der Waals surface area contributed by atoms with Gasteiger partial charge in [-0.2, -0.15) is 0 Å². The lowest BCUT2D eigenvalue weighted by Crippen LogP contribution is -2.58. The number of halogens is 1. The molecule has 1 aromatic rings. The predicted octanol–water partition coefficient (Wildman–Crippen LogP) is 6.94. The number of carbonyl (C=O) groups excluding carboxylic acids is 2. The summed E-state index contributed by atoms with van der Waals surface area (Å²) in [6.45, 7) is 9.55. The number of hydrogen-bond donors (Lipinski definition) is 1. The fraction of sp³-hybridized carbons (Fsp3) is 0.680. The molecular formula is C25H39ClNO7P. The van der Waals surface area contributed by atoms with Crippen LogP contribution in [0.2, 0.25) is 5.02 Å². The second kappa shape index (κ2) is 13.2. The molecule has 2 rings (SSSR count). The van der Waals surface area contributed by atoms with E-state index in [1.54, 1.807) is 45.0 Å². The first-order valence-corrected chi connectivity index (χ1v) is 14.2. The van der Waals surface area contributed by atoms with Crippen LogP contribution in [0.4, 0.5) is 4.79 Å². The fourth-order valence-corrected chi connectivity index (χ4v) is 5.53. The first-order valence-electron chi connectivity index (χ1n) is 12.3. The highest BCUT2D eigenvalue weighted by Gasteiger charge is 2.51. The zero-order valence-corrected chi connectivity index (χ0v) is 23.1. The maximum Gasteiger partial charge on any atom is 0.475 e. The van der Waals surface area contributed by atoms with Crippen molar-refractivity contribution < 1.29 is 32.5 Å². The van der Waals surface area contributed by atoms with E-state index < -0.39 is 36.9 Å². The highest BCUT2D eigenvalue weighted by Crippen LogP contribution is 2.53. The van der Waals surface area contributed by atoms with E-state index in [0.29, 0.717) is 36.3 Å². The van der Waals surface area contributed by atoms with Gasteiger partial charge in [0.25, 0.3) is 0 Å². The molecule has 0 aliphatic heterocycles. The van der Waals surface area contributed by atoms with Crippen LogP contribution in [-0.2, 0) is 33.2 Å². The molecule has 1 amide bonds. The van der Waals surface area contributed by atoms with Gasteiger partial charge in [0.15, 0.2) is 5.78 Å². The van der Waals surface area contributed by atoms with Crippen LogP contribution in [0.5, 0.6) is 0 Å². The predicted molar refractivity (Wildman–Crippen MR) is 136 cm³/mol. The van der Waals surface area contributed by atoms with Gasteiger partial charge in [-0.3, -0.25) is 18.4 Å². The Hall–Kier alpha value is -1.44. The Labute approximate surface area is 214 Å². The zero-order chi connectivity index (χ0) is 26.1. The molecule has 10 heteroatoms. The third kappa shape index (κ3) is 8.57. The standard InChI is InChI=1S/C25H39ClNO7P/c1-6-8-17-31-35(30,32-18-9-7-2)34-21-15-12-16-25(22(21)28,19-13-10-11-14-20(19)26)27-23(29)33-24(3,4)5/h10-11,13-14,21H,6-9,12,15-18H2,1-5H3,(H,27,29)/t21-,25-/m1/s1. The number of rotatable bonds is 12. The number of ether oxygens (including phenoxy) is 1. The summed E-state index contributed by atoms with van der Waals surface area (Å²) in [4.78, 5) is 26.8. The third-order valence-electron chi connectivity index (χ3n) is 5.53. The number of nitrogens with one attached hydrogen (secondary N) is 1. The van der Waals surface area contributed by atoms with Crippen molar-refractivity contribution in [2.75, 3.05) is 13.2 Å². The number of carbonyl (C=O) groups is 2. The monoisotopic (exact) mass is 531 g/mol. The van der Waals surface area contributed by atoms with E-state index in [1.165, 1.54) is 0 Å². The molecule has 1 aliphatic rings. The minimum Gasteiger partial charge on any atom is -0.444 e. The summed E-state index contributed by atoms with van der Waals surface area (Å²) in [5.74, 6) is -0.471. The van der Waals surface area contributed by atoms with Gasteiger partial charge in [-0.05, 0) is 58.9 Å². The van der Waals surface area contributed by atoms with Crippen molar-refractivity contribution in [3.8, 4) is 0 Å². The summed E-state index contributed by atoms with van der Waals surface area (Å²) in [7, 11) is -4.01. The summed E-state index contributed by atoms with van der Waals surface area (Å²) in [6.07, 6.45) is 2.24. The van der Waals surface area contributed by atoms with Crippen LogP contribution >= 0.6 is 19.4 Å². The lowest BCUT2D eigenvalue weighted by atomic mass is 9.74. The quantitative estimate of drug-likeness (QED) is 0.230. The SMILES string of the molecule is CCCCOP(=O)(OCCCC)O[C@@H]1CCC[C@@](NC(=O)OC(C)(C)C)(c2ccccc2Cl)C1=O. The number of phosphoric acid groups is 1. The number of alkyl carbamates (subject to hydrolysis) is 1. The molecule has 0 radical (unpaired) electrons. The normalized spacial score (nSPS) is 21.1. The molecule has 0 bridgehead atoms. The van der Waals surface area contributed by atoms with Gasteiger partial charge in [0.1, 0.15) is 17.2 Å². The van der Waals surface area contributed by atoms with E-state index >= 15 is 0 Å². The maximum atomic E-state index is 14.0. The number of unbranched alkanes of at least 4 members (excludes halogenated alkanes) is 2. The molecule has 35 heavy (non-hydrogen) atoms. The first kappa shape index (κ1) is 29.8. The Balaban J connectivity index is 2.38. The number of phosphoric ester groups is 1. The van der Waals surface area contributed by atoms with Crippen LogP contribution in [0, 0.1) is 0 Å². The van der Waals surface area contributed by atoms with E-state index in [0.717, 1.165) is 12.8 Å². The lowest BCUT2D eigenvalue weighted by Gasteiger charge is -2.41. The minimum atomic E-state index is -4.01. The summed E-state index contributed by atoms with van der Waals surface area (Å²) in [6, 6.07) is 6.82. The van der Waals surface area contributed by atoms with Crippen molar-refractivity contribution in [3.05, 3.63) is 34.9 Å². The van der Waals surface area contributed by atoms with Gasteiger partial charge >= 0.3 is 13.9 Å². The van der Waals surface area contributed by atoms with Crippen molar-refractivity contribution in [1.82, 2.24) is 5.32 Å². The van der Waals surface area contributed by atoms with E-state index in [2.05, 4.69) is 5.32 Å². The van der Waals surface area contributed by atoms with Gasteiger partial charge in [-0.25, -0.2) is 9.36 Å². The van der Waals surface area contributed by atoms with Gasteiger partial charge in [0.05, 0.1) is 13.2 Å². The second-order valence-corrected chi connectivity index (χ2v) is 11.7. The molecule has 198 valence electrons. The smallest absolute Gasteiger partial charge is 0.444 e. The molecule has 0 saturated heterocycles. The summed E-state index contributed by atoms with van der Waals surface area (Å²) < 4.78 is 35.8. The number of ketones is 1. The maximum absolute atomic E-state index is 14.0. The van der Waals surface area contributed by atoms with Crippen molar-refractivity contribution in [2.24, 2.45) is 0 Å². The molecule has 1 N–H and O–H groups in total. The van der Waals surface area contributed by atoms with E-state index in [1.807, 2.05) is 13.8 Å². The van der Waals surface area contributed by atoms with Gasteiger partial charge in [0.2, 0.25) is 0 Å². The molecular weight excluding hydrogens is 493 g/mol. The van der Waals surface area contributed by atoms with Crippen LogP contribution < -0.4 is 5.32 Å². The highest BCUT2D eigenvalue weighted by molar-refractivity contribution is 7.48. The average Bonchev–Trinajstić information content (AvgIpc) is 2.76. The first-order chi connectivity index (χ1) is 16.5. The molecule has 0 heterocycles. The van der Waals surface area contributed by atoms with Gasteiger partial charge in [0, 0.05) is 10.6 Å². The van der Waals surface area contributed by atoms with Crippen molar-refractivity contribution in [2.45, 2.75) is 96.8 Å².